The van der Waals surface area contributed by atoms with E-state index in [1.807, 2.05) is 12.1 Å². The van der Waals surface area contributed by atoms with Gasteiger partial charge in [0, 0.05) is 36.5 Å². The predicted molar refractivity (Wildman–Crippen MR) is 134 cm³/mol. The van der Waals surface area contributed by atoms with Crippen molar-refractivity contribution < 1.29 is 21.6 Å². The molecule has 0 atom stereocenters. The lowest BCUT2D eigenvalue weighted by Crippen LogP contribution is -2.28. The van der Waals surface area contributed by atoms with Crippen molar-refractivity contribution in [2.75, 3.05) is 5.75 Å². The number of imidazole rings is 1. The first-order chi connectivity index (χ1) is 18.0. The molecule has 0 saturated heterocycles. The van der Waals surface area contributed by atoms with Gasteiger partial charge in [-0.3, -0.25) is 19.3 Å². The van der Waals surface area contributed by atoms with Crippen LogP contribution >= 0.6 is 0 Å². The molecule has 12 heteroatoms. The lowest BCUT2D eigenvalue weighted by Gasteiger charge is -2.15. The molecule has 4 aromatic rings. The summed E-state index contributed by atoms with van der Waals surface area (Å²) in [5.41, 5.74) is -0.0891. The average Bonchev–Trinajstić information content (AvgIpc) is 3.81. The maximum atomic E-state index is 13.8. The number of hydrogen-bond acceptors (Lipinski definition) is 6. The van der Waals surface area contributed by atoms with Crippen molar-refractivity contribution >= 4 is 20.9 Å². The molecule has 4 aromatic heterocycles. The topological polar surface area (TPSA) is 99.7 Å². The molecule has 2 fully saturated rings. The predicted octanol–water partition coefficient (Wildman–Crippen LogP) is 4.88. The first-order valence-corrected chi connectivity index (χ1v) is 14.0. The van der Waals surface area contributed by atoms with Crippen molar-refractivity contribution in [2.45, 2.75) is 55.6 Å². The van der Waals surface area contributed by atoms with Gasteiger partial charge in [-0.2, -0.15) is 13.2 Å². The van der Waals surface area contributed by atoms with E-state index in [4.69, 9.17) is 0 Å². The number of aryl methyl sites for hydroxylation is 1. The van der Waals surface area contributed by atoms with Crippen molar-refractivity contribution in [3.05, 3.63) is 58.3 Å². The Hall–Kier alpha value is -3.54. The normalized spacial score (nSPS) is 16.3. The van der Waals surface area contributed by atoms with E-state index < -0.39 is 33.3 Å². The first kappa shape index (κ1) is 24.8. The second kappa shape index (κ2) is 8.48. The lowest BCUT2D eigenvalue weighted by atomic mass is 10.1. The Morgan fingerprint density at radius 1 is 1.08 bits per heavy atom. The minimum absolute atomic E-state index is 0.00274. The summed E-state index contributed by atoms with van der Waals surface area (Å²) in [4.78, 5) is 26.6. The zero-order chi connectivity index (χ0) is 27.0. The standard InChI is InChI=1S/C26H24F3N5O3S/c1-3-38(36,37)20-11-15(18-6-4-5-17(31-18)14-7-8-14)13-30-22(20)24-32-19-12-21(26(27,28)29)34(16-9-10-16)25(35)23(19)33(24)2/h4-6,11-14,16H,3,7-10H2,1-2H3. The van der Waals surface area contributed by atoms with Gasteiger partial charge in [0.1, 0.15) is 16.9 Å². The fourth-order valence-electron chi connectivity index (χ4n) is 4.79. The largest absolute Gasteiger partial charge is 0.431 e. The van der Waals surface area contributed by atoms with Gasteiger partial charge in [-0.25, -0.2) is 13.4 Å². The average molecular weight is 544 g/mol. The fraction of sp³-hybridized carbons (Fsp3) is 0.385. The maximum Gasteiger partial charge on any atom is 0.431 e. The number of alkyl halides is 3. The Morgan fingerprint density at radius 3 is 2.45 bits per heavy atom. The molecule has 0 N–H and O–H groups in total. The molecule has 2 aliphatic rings. The summed E-state index contributed by atoms with van der Waals surface area (Å²) in [6, 6.07) is 7.40. The van der Waals surface area contributed by atoms with E-state index in [-0.39, 0.29) is 33.2 Å². The van der Waals surface area contributed by atoms with Crippen LogP contribution in [0.15, 0.2) is 46.2 Å². The number of hydrogen-bond donors (Lipinski definition) is 0. The Kier molecular flexibility index (Phi) is 5.53. The zero-order valence-electron chi connectivity index (χ0n) is 20.7. The second-order valence-corrected chi connectivity index (χ2v) is 12.1. The van der Waals surface area contributed by atoms with E-state index in [0.29, 0.717) is 30.0 Å². The molecule has 2 saturated carbocycles. The van der Waals surface area contributed by atoms with E-state index in [2.05, 4.69) is 15.0 Å². The van der Waals surface area contributed by atoms with Crippen LogP contribution in [0, 0.1) is 0 Å². The highest BCUT2D eigenvalue weighted by molar-refractivity contribution is 7.91. The molecular formula is C26H24F3N5O3S. The molecule has 0 radical (unpaired) electrons. The van der Waals surface area contributed by atoms with E-state index in [9.17, 15) is 26.4 Å². The van der Waals surface area contributed by atoms with Crippen molar-refractivity contribution in [1.82, 2.24) is 24.1 Å². The number of halogens is 3. The minimum Gasteiger partial charge on any atom is -0.321 e. The molecule has 0 spiro atoms. The highest BCUT2D eigenvalue weighted by atomic mass is 32.2. The Morgan fingerprint density at radius 2 is 1.82 bits per heavy atom. The molecule has 0 unspecified atom stereocenters. The van der Waals surface area contributed by atoms with Crippen molar-refractivity contribution in [1.29, 1.82) is 0 Å². The number of fused-ring (bicyclic) bond motifs is 1. The molecule has 2 aliphatic carbocycles. The molecule has 0 amide bonds. The van der Waals surface area contributed by atoms with Gasteiger partial charge < -0.3 is 4.57 Å². The quantitative estimate of drug-likeness (QED) is 0.344. The smallest absolute Gasteiger partial charge is 0.321 e. The fourth-order valence-corrected chi connectivity index (χ4v) is 5.84. The van der Waals surface area contributed by atoms with Gasteiger partial charge in [0.15, 0.2) is 15.7 Å². The number of nitrogens with zero attached hydrogens (tertiary/aromatic N) is 5. The van der Waals surface area contributed by atoms with Crippen LogP contribution in [0.4, 0.5) is 13.2 Å². The Balaban J connectivity index is 1.56. The van der Waals surface area contributed by atoms with Gasteiger partial charge in [0.05, 0.1) is 21.9 Å². The summed E-state index contributed by atoms with van der Waals surface area (Å²) in [6.07, 6.45) is -0.172. The van der Waals surface area contributed by atoms with Gasteiger partial charge in [0.2, 0.25) is 0 Å². The van der Waals surface area contributed by atoms with Gasteiger partial charge in [0.25, 0.3) is 5.56 Å². The van der Waals surface area contributed by atoms with Gasteiger partial charge in [-0.1, -0.05) is 13.0 Å². The minimum atomic E-state index is -4.74. The highest BCUT2D eigenvalue weighted by Gasteiger charge is 2.40. The molecule has 198 valence electrons. The van der Waals surface area contributed by atoms with E-state index in [1.54, 1.807) is 6.07 Å². The van der Waals surface area contributed by atoms with E-state index in [0.717, 1.165) is 29.2 Å². The molecule has 0 bridgehead atoms. The van der Waals surface area contributed by atoms with Crippen LogP contribution < -0.4 is 5.56 Å². The van der Waals surface area contributed by atoms with E-state index >= 15 is 0 Å². The number of pyridine rings is 3. The van der Waals surface area contributed by atoms with Crippen molar-refractivity contribution in [2.24, 2.45) is 7.05 Å². The number of rotatable bonds is 6. The summed E-state index contributed by atoms with van der Waals surface area (Å²) >= 11 is 0. The summed E-state index contributed by atoms with van der Waals surface area (Å²) in [7, 11) is -2.35. The van der Waals surface area contributed by atoms with Crippen LogP contribution in [-0.4, -0.2) is 38.3 Å². The van der Waals surface area contributed by atoms with Crippen molar-refractivity contribution in [3.63, 3.8) is 0 Å². The van der Waals surface area contributed by atoms with Crippen LogP contribution in [0.5, 0.6) is 0 Å². The molecule has 38 heavy (non-hydrogen) atoms. The second-order valence-electron chi connectivity index (χ2n) is 9.86. The summed E-state index contributed by atoms with van der Waals surface area (Å²) in [6.45, 7) is 1.50. The van der Waals surface area contributed by atoms with E-state index in [1.165, 1.54) is 30.8 Å². The molecule has 0 aliphatic heterocycles. The SMILES string of the molecule is CCS(=O)(=O)c1cc(-c2cccc(C3CC3)n2)cnc1-c1nc2cc(C(F)(F)F)n(C3CC3)c(=O)c2n1C. The molecule has 6 rings (SSSR count). The van der Waals surface area contributed by atoms with Crippen LogP contribution in [0.3, 0.4) is 0 Å². The lowest BCUT2D eigenvalue weighted by molar-refractivity contribution is -0.144. The third-order valence-electron chi connectivity index (χ3n) is 7.12. The molecule has 8 nitrogen and oxygen atoms in total. The summed E-state index contributed by atoms with van der Waals surface area (Å²) < 4.78 is 70.0. The third-order valence-corrected chi connectivity index (χ3v) is 8.86. The number of sulfone groups is 1. The van der Waals surface area contributed by atoms with Crippen LogP contribution in [0.2, 0.25) is 0 Å². The monoisotopic (exact) mass is 543 g/mol. The summed E-state index contributed by atoms with van der Waals surface area (Å²) in [5, 5.41) is 0. The highest BCUT2D eigenvalue weighted by Crippen LogP contribution is 2.41. The maximum absolute atomic E-state index is 13.8. The third kappa shape index (κ3) is 4.11. The van der Waals surface area contributed by atoms with Gasteiger partial charge in [-0.15, -0.1) is 0 Å². The summed E-state index contributed by atoms with van der Waals surface area (Å²) in [5.74, 6) is 0.177. The van der Waals surface area contributed by atoms with Gasteiger partial charge in [-0.05, 0) is 49.9 Å². The van der Waals surface area contributed by atoms with Crippen molar-refractivity contribution in [3.8, 4) is 22.8 Å². The van der Waals surface area contributed by atoms with Gasteiger partial charge >= 0.3 is 6.18 Å². The first-order valence-electron chi connectivity index (χ1n) is 12.4. The zero-order valence-corrected chi connectivity index (χ0v) is 21.5. The van der Waals surface area contributed by atoms with Crippen LogP contribution in [0.1, 0.15) is 56.0 Å². The van der Waals surface area contributed by atoms with Crippen LogP contribution in [0.25, 0.3) is 33.8 Å². The van der Waals surface area contributed by atoms with Crippen LogP contribution in [-0.2, 0) is 23.1 Å². The number of aromatic nitrogens is 5. The molecule has 4 heterocycles. The Labute approximate surface area is 216 Å². The molecule has 0 aromatic carbocycles. The Bertz CT molecular complexity index is 1770. The molecular weight excluding hydrogens is 519 g/mol.